The summed E-state index contributed by atoms with van der Waals surface area (Å²) in [5.74, 6) is 1.59. The van der Waals surface area contributed by atoms with Crippen molar-refractivity contribution in [3.05, 3.63) is 27.7 Å². The zero-order valence-electron chi connectivity index (χ0n) is 7.23. The molecule has 0 saturated heterocycles. The van der Waals surface area contributed by atoms with Crippen molar-refractivity contribution >= 4 is 15.9 Å². The molecule has 2 heteroatoms. The largest absolute Gasteiger partial charge is 0.493 e. The fraction of sp³-hybridized carbons (Fsp3) is 0.400. The molecule has 1 aliphatic heterocycles. The number of ether oxygens (including phenoxy) is 1. The molecule has 0 fully saturated rings. The van der Waals surface area contributed by atoms with Gasteiger partial charge in [-0.25, -0.2) is 0 Å². The predicted molar refractivity (Wildman–Crippen MR) is 52.8 cm³/mol. The average molecular weight is 227 g/mol. The number of halogens is 1. The molecule has 1 unspecified atom stereocenters. The maximum atomic E-state index is 5.52. The van der Waals surface area contributed by atoms with Crippen LogP contribution in [0.5, 0.6) is 5.75 Å². The normalized spacial score (nSPS) is 20.4. The molecule has 12 heavy (non-hydrogen) atoms. The van der Waals surface area contributed by atoms with Crippen LogP contribution in [0.1, 0.15) is 24.0 Å². The van der Waals surface area contributed by atoms with Crippen molar-refractivity contribution in [3.63, 3.8) is 0 Å². The van der Waals surface area contributed by atoms with E-state index in [-0.39, 0.29) is 0 Å². The Morgan fingerprint density at radius 2 is 2.25 bits per heavy atom. The highest BCUT2D eigenvalue weighted by molar-refractivity contribution is 9.10. The van der Waals surface area contributed by atoms with Gasteiger partial charge in [-0.05, 0) is 18.6 Å². The minimum absolute atomic E-state index is 0.548. The molecule has 0 bridgehead atoms. The van der Waals surface area contributed by atoms with Crippen molar-refractivity contribution in [3.8, 4) is 5.75 Å². The molecule has 0 saturated carbocycles. The van der Waals surface area contributed by atoms with Gasteiger partial charge < -0.3 is 4.74 Å². The Bertz CT molecular complexity index is 320. The molecule has 0 N–H and O–H groups in total. The molecular weight excluding hydrogens is 216 g/mol. The quantitative estimate of drug-likeness (QED) is 0.661. The second-order valence-electron chi connectivity index (χ2n) is 3.35. The van der Waals surface area contributed by atoms with Crippen molar-refractivity contribution in [2.45, 2.75) is 19.8 Å². The van der Waals surface area contributed by atoms with Gasteiger partial charge in [0.1, 0.15) is 5.75 Å². The van der Waals surface area contributed by atoms with E-state index in [0.717, 1.165) is 16.8 Å². The van der Waals surface area contributed by atoms with Crippen LogP contribution in [-0.4, -0.2) is 6.61 Å². The molecule has 1 atom stereocenters. The minimum Gasteiger partial charge on any atom is -0.493 e. The van der Waals surface area contributed by atoms with Crippen LogP contribution in [0.3, 0.4) is 0 Å². The lowest BCUT2D eigenvalue weighted by molar-refractivity contribution is 0.337. The number of fused-ring (bicyclic) bond motifs is 1. The monoisotopic (exact) mass is 226 g/mol. The van der Waals surface area contributed by atoms with Crippen LogP contribution in [0.15, 0.2) is 16.6 Å². The van der Waals surface area contributed by atoms with E-state index in [1.54, 1.807) is 0 Å². The summed E-state index contributed by atoms with van der Waals surface area (Å²) >= 11 is 3.49. The van der Waals surface area contributed by atoms with Crippen LogP contribution in [0.25, 0.3) is 0 Å². The molecule has 1 heterocycles. The first-order chi connectivity index (χ1) is 5.68. The Hall–Kier alpha value is -0.500. The second-order valence-corrected chi connectivity index (χ2v) is 4.21. The summed E-state index contributed by atoms with van der Waals surface area (Å²) in [5, 5.41) is 0. The number of benzene rings is 1. The van der Waals surface area contributed by atoms with Crippen LogP contribution in [-0.2, 0) is 0 Å². The molecule has 0 radical (unpaired) electrons. The lowest BCUT2D eigenvalue weighted by Gasteiger charge is -2.03. The molecule has 0 aliphatic carbocycles. The van der Waals surface area contributed by atoms with Crippen molar-refractivity contribution in [2.75, 3.05) is 6.61 Å². The third kappa shape index (κ3) is 1.14. The molecule has 0 amide bonds. The summed E-state index contributed by atoms with van der Waals surface area (Å²) in [6.45, 7) is 5.12. The molecule has 0 spiro atoms. The van der Waals surface area contributed by atoms with Gasteiger partial charge in [-0.2, -0.15) is 0 Å². The van der Waals surface area contributed by atoms with Crippen LogP contribution in [0, 0.1) is 6.92 Å². The minimum atomic E-state index is 0.548. The van der Waals surface area contributed by atoms with Gasteiger partial charge in [-0.15, -0.1) is 0 Å². The SMILES string of the molecule is Cc1cc2c(cc1Br)OCC2C. The molecule has 1 aromatic rings. The second kappa shape index (κ2) is 2.77. The number of aryl methyl sites for hydroxylation is 1. The van der Waals surface area contributed by atoms with Gasteiger partial charge >= 0.3 is 0 Å². The van der Waals surface area contributed by atoms with Gasteiger partial charge in [-0.1, -0.05) is 28.9 Å². The standard InChI is InChI=1S/C10H11BrO/c1-6-3-8-7(2)5-12-10(8)4-9(6)11/h3-4,7H,5H2,1-2H3. The summed E-state index contributed by atoms with van der Waals surface area (Å²) in [7, 11) is 0. The van der Waals surface area contributed by atoms with Crippen molar-refractivity contribution in [2.24, 2.45) is 0 Å². The summed E-state index contributed by atoms with van der Waals surface area (Å²) in [5.41, 5.74) is 2.63. The van der Waals surface area contributed by atoms with Gasteiger partial charge in [0.15, 0.2) is 0 Å². The Morgan fingerprint density at radius 1 is 1.50 bits per heavy atom. The third-order valence-corrected chi connectivity index (χ3v) is 3.17. The third-order valence-electron chi connectivity index (χ3n) is 2.31. The Balaban J connectivity index is 2.56. The molecule has 1 aromatic carbocycles. The van der Waals surface area contributed by atoms with E-state index < -0.39 is 0 Å². The van der Waals surface area contributed by atoms with Gasteiger partial charge in [0.25, 0.3) is 0 Å². The first kappa shape index (κ1) is 8.11. The van der Waals surface area contributed by atoms with E-state index in [4.69, 9.17) is 4.74 Å². The smallest absolute Gasteiger partial charge is 0.124 e. The van der Waals surface area contributed by atoms with Crippen molar-refractivity contribution in [1.29, 1.82) is 0 Å². The van der Waals surface area contributed by atoms with Gasteiger partial charge in [-0.3, -0.25) is 0 Å². The molecule has 2 rings (SSSR count). The summed E-state index contributed by atoms with van der Waals surface area (Å²) in [6.07, 6.45) is 0. The fourth-order valence-corrected chi connectivity index (χ4v) is 1.82. The van der Waals surface area contributed by atoms with E-state index in [9.17, 15) is 0 Å². The van der Waals surface area contributed by atoms with E-state index in [1.165, 1.54) is 11.1 Å². The molecule has 64 valence electrons. The summed E-state index contributed by atoms with van der Waals surface area (Å²) in [4.78, 5) is 0. The van der Waals surface area contributed by atoms with Gasteiger partial charge in [0.05, 0.1) is 6.61 Å². The molecule has 1 aliphatic rings. The average Bonchev–Trinajstić information content (AvgIpc) is 2.35. The first-order valence-electron chi connectivity index (χ1n) is 4.11. The lowest BCUT2D eigenvalue weighted by Crippen LogP contribution is -1.93. The Labute approximate surface area is 80.9 Å². The topological polar surface area (TPSA) is 9.23 Å². The Kier molecular flexibility index (Phi) is 1.87. The van der Waals surface area contributed by atoms with Crippen molar-refractivity contribution in [1.82, 2.24) is 0 Å². The van der Waals surface area contributed by atoms with E-state index in [0.29, 0.717) is 5.92 Å². The van der Waals surface area contributed by atoms with Crippen LogP contribution >= 0.6 is 15.9 Å². The molecular formula is C10H11BrO. The van der Waals surface area contributed by atoms with E-state index in [2.05, 4.69) is 41.9 Å². The van der Waals surface area contributed by atoms with Crippen molar-refractivity contribution < 1.29 is 4.74 Å². The van der Waals surface area contributed by atoms with Gasteiger partial charge in [0.2, 0.25) is 0 Å². The Morgan fingerprint density at radius 3 is 3.00 bits per heavy atom. The predicted octanol–water partition coefficient (Wildman–Crippen LogP) is 3.25. The summed E-state index contributed by atoms with van der Waals surface area (Å²) in [6, 6.07) is 4.27. The number of hydrogen-bond acceptors (Lipinski definition) is 1. The zero-order chi connectivity index (χ0) is 8.72. The van der Waals surface area contributed by atoms with Crippen LogP contribution < -0.4 is 4.74 Å². The first-order valence-corrected chi connectivity index (χ1v) is 4.90. The van der Waals surface area contributed by atoms with E-state index in [1.807, 2.05) is 0 Å². The van der Waals surface area contributed by atoms with Crippen LogP contribution in [0.2, 0.25) is 0 Å². The lowest BCUT2D eigenvalue weighted by atomic mass is 10.0. The van der Waals surface area contributed by atoms with Crippen LogP contribution in [0.4, 0.5) is 0 Å². The maximum absolute atomic E-state index is 5.52. The zero-order valence-corrected chi connectivity index (χ0v) is 8.81. The van der Waals surface area contributed by atoms with Gasteiger partial charge in [0, 0.05) is 16.0 Å². The number of rotatable bonds is 0. The fourth-order valence-electron chi connectivity index (χ4n) is 1.50. The maximum Gasteiger partial charge on any atom is 0.124 e. The highest BCUT2D eigenvalue weighted by Gasteiger charge is 2.20. The highest BCUT2D eigenvalue weighted by Crippen LogP contribution is 2.37. The molecule has 1 nitrogen and oxygen atoms in total. The van der Waals surface area contributed by atoms with E-state index >= 15 is 0 Å². The molecule has 0 aromatic heterocycles. The number of hydrogen-bond donors (Lipinski definition) is 0. The summed E-state index contributed by atoms with van der Waals surface area (Å²) < 4.78 is 6.65. The highest BCUT2D eigenvalue weighted by atomic mass is 79.9.